The van der Waals surface area contributed by atoms with Crippen molar-refractivity contribution in [1.29, 1.82) is 0 Å². The van der Waals surface area contributed by atoms with Crippen LogP contribution in [0.25, 0.3) is 5.69 Å². The van der Waals surface area contributed by atoms with Gasteiger partial charge < -0.3 is 10.0 Å². The van der Waals surface area contributed by atoms with E-state index in [0.717, 1.165) is 17.5 Å². The van der Waals surface area contributed by atoms with Gasteiger partial charge in [-0.2, -0.15) is 9.78 Å². The van der Waals surface area contributed by atoms with Gasteiger partial charge in [0, 0.05) is 19.2 Å². The van der Waals surface area contributed by atoms with E-state index >= 15 is 0 Å². The molecule has 2 atom stereocenters. The number of aromatic nitrogens is 2. The van der Waals surface area contributed by atoms with E-state index in [1.54, 1.807) is 0 Å². The number of hydrogen-bond acceptors (Lipinski definition) is 4. The van der Waals surface area contributed by atoms with Crippen molar-refractivity contribution in [3.63, 3.8) is 0 Å². The number of nitrogens with zero attached hydrogens (tertiary/aromatic N) is 3. The standard InChI is InChI=1S/C19H18FN3O4/c20-12-3-5-13(6-4-12)23-17(24)8-7-16(21-23)18(25)22-9-14(11-1-2-11)15(10-22)19(26)27/h3-8,11,14-15H,1-2,9-10H2,(H,26,27)/t14-,15+/m1/s1. The van der Waals surface area contributed by atoms with Crippen LogP contribution in [0, 0.1) is 23.6 Å². The summed E-state index contributed by atoms with van der Waals surface area (Å²) in [4.78, 5) is 38.0. The summed E-state index contributed by atoms with van der Waals surface area (Å²) in [5.74, 6) is -1.96. The van der Waals surface area contributed by atoms with Crippen LogP contribution in [0.5, 0.6) is 0 Å². The van der Waals surface area contributed by atoms with Crippen molar-refractivity contribution in [2.24, 2.45) is 17.8 Å². The number of carbonyl (C=O) groups is 2. The van der Waals surface area contributed by atoms with Gasteiger partial charge in [-0.25, -0.2) is 4.39 Å². The quantitative estimate of drug-likeness (QED) is 0.880. The Labute approximate surface area is 154 Å². The van der Waals surface area contributed by atoms with Gasteiger partial charge >= 0.3 is 5.97 Å². The molecular formula is C19H18FN3O4. The van der Waals surface area contributed by atoms with Gasteiger partial charge in [0.05, 0.1) is 11.6 Å². The molecule has 1 N–H and O–H groups in total. The number of carboxylic acids is 1. The molecule has 2 aliphatic rings. The summed E-state index contributed by atoms with van der Waals surface area (Å²) in [6.07, 6.45) is 2.01. The molecule has 1 aliphatic heterocycles. The molecule has 1 aromatic carbocycles. The van der Waals surface area contributed by atoms with Crippen molar-refractivity contribution in [2.45, 2.75) is 12.8 Å². The van der Waals surface area contributed by atoms with E-state index < -0.39 is 29.2 Å². The van der Waals surface area contributed by atoms with Crippen molar-refractivity contribution in [2.75, 3.05) is 13.1 Å². The molecule has 0 spiro atoms. The molecule has 0 unspecified atom stereocenters. The Morgan fingerprint density at radius 3 is 2.41 bits per heavy atom. The second kappa shape index (κ2) is 6.61. The molecule has 1 amide bonds. The molecule has 1 aliphatic carbocycles. The minimum Gasteiger partial charge on any atom is -0.481 e. The van der Waals surface area contributed by atoms with Crippen molar-refractivity contribution < 1.29 is 19.1 Å². The number of benzene rings is 1. The maximum atomic E-state index is 13.1. The van der Waals surface area contributed by atoms with Crippen LogP contribution in [0.4, 0.5) is 4.39 Å². The van der Waals surface area contributed by atoms with E-state index in [2.05, 4.69) is 5.10 Å². The Kier molecular flexibility index (Phi) is 4.25. The largest absolute Gasteiger partial charge is 0.481 e. The van der Waals surface area contributed by atoms with E-state index in [4.69, 9.17) is 0 Å². The van der Waals surface area contributed by atoms with Crippen LogP contribution in [0.1, 0.15) is 23.3 Å². The highest BCUT2D eigenvalue weighted by molar-refractivity contribution is 5.93. The first kappa shape index (κ1) is 17.4. The van der Waals surface area contributed by atoms with Crippen molar-refractivity contribution in [3.05, 3.63) is 58.3 Å². The normalized spacial score (nSPS) is 22.0. The highest BCUT2D eigenvalue weighted by Gasteiger charge is 2.47. The van der Waals surface area contributed by atoms with E-state index in [0.29, 0.717) is 18.2 Å². The minimum absolute atomic E-state index is 0.0329. The summed E-state index contributed by atoms with van der Waals surface area (Å²) >= 11 is 0. The molecule has 1 aromatic heterocycles. The lowest BCUT2D eigenvalue weighted by atomic mass is 9.92. The number of aliphatic carboxylic acids is 1. The van der Waals surface area contributed by atoms with Crippen LogP contribution in [-0.2, 0) is 4.79 Å². The minimum atomic E-state index is -0.883. The number of hydrogen-bond donors (Lipinski definition) is 1. The SMILES string of the molecule is O=C(O)[C@H]1CN(C(=O)c2ccc(=O)n(-c3ccc(F)cc3)n2)C[C@@H]1C1CC1. The van der Waals surface area contributed by atoms with Gasteiger partial charge in [0.1, 0.15) is 11.5 Å². The third-order valence-corrected chi connectivity index (χ3v) is 5.29. The highest BCUT2D eigenvalue weighted by Crippen LogP contribution is 2.44. The summed E-state index contributed by atoms with van der Waals surface area (Å²) in [6.45, 7) is 0.532. The van der Waals surface area contributed by atoms with Crippen LogP contribution in [-0.4, -0.2) is 44.8 Å². The molecule has 0 bridgehead atoms. The predicted octanol–water partition coefficient (Wildman–Crippen LogP) is 1.55. The fraction of sp³-hybridized carbons (Fsp3) is 0.368. The summed E-state index contributed by atoms with van der Waals surface area (Å²) < 4.78 is 14.1. The second-order valence-corrected chi connectivity index (χ2v) is 7.10. The maximum Gasteiger partial charge on any atom is 0.308 e. The Hall–Kier alpha value is -3.03. The average Bonchev–Trinajstić information content (AvgIpc) is 3.40. The Bertz CT molecular complexity index is 952. The molecule has 1 saturated carbocycles. The number of carbonyl (C=O) groups excluding carboxylic acids is 1. The van der Waals surface area contributed by atoms with Gasteiger partial charge in [-0.15, -0.1) is 0 Å². The highest BCUT2D eigenvalue weighted by atomic mass is 19.1. The van der Waals surface area contributed by atoms with Gasteiger partial charge in [-0.05, 0) is 55.0 Å². The zero-order valence-electron chi connectivity index (χ0n) is 14.4. The first-order valence-electron chi connectivity index (χ1n) is 8.82. The molecule has 1 saturated heterocycles. The molecule has 4 rings (SSSR count). The molecule has 140 valence electrons. The predicted molar refractivity (Wildman–Crippen MR) is 93.0 cm³/mol. The Morgan fingerprint density at radius 1 is 1.07 bits per heavy atom. The van der Waals surface area contributed by atoms with Crippen molar-refractivity contribution >= 4 is 11.9 Å². The number of carboxylic acid groups (broad SMARTS) is 1. The first-order valence-corrected chi connectivity index (χ1v) is 8.82. The zero-order chi connectivity index (χ0) is 19.1. The maximum absolute atomic E-state index is 13.1. The summed E-state index contributed by atoms with van der Waals surface area (Å²) in [5.41, 5.74) is -0.0462. The molecule has 2 aromatic rings. The van der Waals surface area contributed by atoms with Crippen LogP contribution in [0.15, 0.2) is 41.2 Å². The lowest BCUT2D eigenvalue weighted by Crippen LogP contribution is -2.32. The van der Waals surface area contributed by atoms with E-state index in [1.165, 1.54) is 41.3 Å². The van der Waals surface area contributed by atoms with Gasteiger partial charge in [-0.3, -0.25) is 14.4 Å². The fourth-order valence-electron chi connectivity index (χ4n) is 3.71. The zero-order valence-corrected chi connectivity index (χ0v) is 14.4. The first-order chi connectivity index (χ1) is 12.9. The van der Waals surface area contributed by atoms with Gasteiger partial charge in [0.15, 0.2) is 0 Å². The molecule has 7 nitrogen and oxygen atoms in total. The van der Waals surface area contributed by atoms with Crippen molar-refractivity contribution in [3.8, 4) is 5.69 Å². The van der Waals surface area contributed by atoms with Crippen LogP contribution in [0.2, 0.25) is 0 Å². The number of halogens is 1. The average molecular weight is 371 g/mol. The van der Waals surface area contributed by atoms with Gasteiger partial charge in [0.2, 0.25) is 0 Å². The molecule has 2 heterocycles. The number of amides is 1. The van der Waals surface area contributed by atoms with Crippen molar-refractivity contribution in [1.82, 2.24) is 14.7 Å². The van der Waals surface area contributed by atoms with Gasteiger partial charge in [0.25, 0.3) is 11.5 Å². The molecule has 8 heteroatoms. The summed E-state index contributed by atoms with van der Waals surface area (Å²) in [7, 11) is 0. The number of likely N-dealkylation sites (tertiary alicyclic amines) is 1. The van der Waals surface area contributed by atoms with Gasteiger partial charge in [-0.1, -0.05) is 0 Å². The molecule has 0 radical (unpaired) electrons. The fourth-order valence-corrected chi connectivity index (χ4v) is 3.71. The molecule has 27 heavy (non-hydrogen) atoms. The Morgan fingerprint density at radius 2 is 1.78 bits per heavy atom. The van der Waals surface area contributed by atoms with E-state index in [9.17, 15) is 23.9 Å². The lowest BCUT2D eigenvalue weighted by Gasteiger charge is -2.16. The molecular weight excluding hydrogens is 353 g/mol. The smallest absolute Gasteiger partial charge is 0.308 e. The lowest BCUT2D eigenvalue weighted by molar-refractivity contribution is -0.142. The second-order valence-electron chi connectivity index (χ2n) is 7.10. The molecule has 2 fully saturated rings. The van der Waals surface area contributed by atoms with E-state index in [1.807, 2.05) is 0 Å². The van der Waals surface area contributed by atoms with E-state index in [-0.39, 0.29) is 18.2 Å². The number of rotatable bonds is 4. The third kappa shape index (κ3) is 3.34. The van der Waals surface area contributed by atoms with Crippen LogP contribution < -0.4 is 5.56 Å². The monoisotopic (exact) mass is 371 g/mol. The summed E-state index contributed by atoms with van der Waals surface area (Å²) in [5, 5.41) is 13.6. The Balaban J connectivity index is 1.61. The summed E-state index contributed by atoms with van der Waals surface area (Å²) in [6, 6.07) is 7.78. The van der Waals surface area contributed by atoms with Crippen LogP contribution >= 0.6 is 0 Å². The topological polar surface area (TPSA) is 92.5 Å². The third-order valence-electron chi connectivity index (χ3n) is 5.29. The van der Waals surface area contributed by atoms with Crippen LogP contribution in [0.3, 0.4) is 0 Å².